The fourth-order valence-corrected chi connectivity index (χ4v) is 2.18. The molecule has 0 saturated heterocycles. The predicted molar refractivity (Wildman–Crippen MR) is 79.8 cm³/mol. The summed E-state index contributed by atoms with van der Waals surface area (Å²) < 4.78 is 45.0. The minimum atomic E-state index is -4.62. The first kappa shape index (κ1) is 15.1. The Kier molecular flexibility index (Phi) is 3.77. The molecule has 1 unspecified atom stereocenters. The summed E-state index contributed by atoms with van der Waals surface area (Å²) >= 11 is 0. The average molecular weight is 319 g/mol. The number of ether oxygens (including phenoxy) is 1. The second-order valence-corrected chi connectivity index (χ2v) is 4.90. The van der Waals surface area contributed by atoms with Crippen LogP contribution < -0.4 is 10.5 Å². The van der Waals surface area contributed by atoms with E-state index >= 15 is 0 Å². The molecule has 1 aromatic carbocycles. The van der Waals surface area contributed by atoms with Crippen molar-refractivity contribution in [3.8, 4) is 5.88 Å². The van der Waals surface area contributed by atoms with E-state index < -0.39 is 12.3 Å². The second kappa shape index (κ2) is 5.75. The molecule has 0 aliphatic heterocycles. The lowest BCUT2D eigenvalue weighted by Gasteiger charge is -2.22. The van der Waals surface area contributed by atoms with Crippen LogP contribution in [0.4, 0.5) is 18.9 Å². The van der Waals surface area contributed by atoms with Crippen molar-refractivity contribution >= 4 is 16.6 Å². The highest BCUT2D eigenvalue weighted by Crippen LogP contribution is 2.38. The number of nitrogens with zero attached hydrogens (tertiary/aromatic N) is 2. The number of hydrogen-bond acceptors (Lipinski definition) is 4. The molecule has 0 radical (unpaired) electrons. The van der Waals surface area contributed by atoms with E-state index in [9.17, 15) is 13.2 Å². The molecule has 0 saturated carbocycles. The van der Waals surface area contributed by atoms with E-state index in [4.69, 9.17) is 10.5 Å². The van der Waals surface area contributed by atoms with Crippen molar-refractivity contribution in [3.63, 3.8) is 0 Å². The molecule has 1 atom stereocenters. The highest BCUT2D eigenvalue weighted by atomic mass is 19.4. The number of alkyl halides is 3. The van der Waals surface area contributed by atoms with E-state index in [0.29, 0.717) is 5.52 Å². The smallest absolute Gasteiger partial charge is 0.429 e. The summed E-state index contributed by atoms with van der Waals surface area (Å²) in [6.45, 7) is 0. The lowest BCUT2D eigenvalue weighted by molar-refractivity contribution is -0.198. The SMILES string of the molecule is Nc1cc2ccccc2nc1OC(c1cccnc1)C(F)(F)F. The van der Waals surface area contributed by atoms with Gasteiger partial charge in [0.1, 0.15) is 0 Å². The van der Waals surface area contributed by atoms with E-state index in [2.05, 4.69) is 9.97 Å². The van der Waals surface area contributed by atoms with Crippen molar-refractivity contribution in [2.45, 2.75) is 12.3 Å². The van der Waals surface area contributed by atoms with Crippen LogP contribution in [0, 0.1) is 0 Å². The number of halogens is 3. The lowest BCUT2D eigenvalue weighted by Crippen LogP contribution is -2.26. The highest BCUT2D eigenvalue weighted by Gasteiger charge is 2.43. The maximum Gasteiger partial charge on any atom is 0.429 e. The van der Waals surface area contributed by atoms with Crippen molar-refractivity contribution in [2.75, 3.05) is 5.73 Å². The second-order valence-electron chi connectivity index (χ2n) is 4.90. The molecule has 2 N–H and O–H groups in total. The summed E-state index contributed by atoms with van der Waals surface area (Å²) in [5, 5.41) is 0.724. The summed E-state index contributed by atoms with van der Waals surface area (Å²) in [5.41, 5.74) is 6.22. The standard InChI is InChI=1S/C16H12F3N3O/c17-16(18,19)14(11-5-3-7-21-9-11)23-15-12(20)8-10-4-1-2-6-13(10)22-15/h1-9,14H,20H2. The number of pyridine rings is 2. The molecule has 0 amide bonds. The molecule has 0 spiro atoms. The van der Waals surface area contributed by atoms with Crippen molar-refractivity contribution in [1.82, 2.24) is 9.97 Å². The molecular weight excluding hydrogens is 307 g/mol. The van der Waals surface area contributed by atoms with Crippen LogP contribution in [0.2, 0.25) is 0 Å². The molecule has 0 bridgehead atoms. The third-order valence-corrected chi connectivity index (χ3v) is 3.23. The Morgan fingerprint density at radius 1 is 1.09 bits per heavy atom. The normalized spacial score (nSPS) is 13.0. The quantitative estimate of drug-likeness (QED) is 0.795. The van der Waals surface area contributed by atoms with Gasteiger partial charge in [-0.3, -0.25) is 4.98 Å². The zero-order valence-electron chi connectivity index (χ0n) is 11.8. The Morgan fingerprint density at radius 2 is 1.87 bits per heavy atom. The van der Waals surface area contributed by atoms with Gasteiger partial charge in [-0.05, 0) is 18.2 Å². The summed E-state index contributed by atoms with van der Waals surface area (Å²) in [5.74, 6) is -0.255. The predicted octanol–water partition coefficient (Wildman–Crippen LogP) is 3.89. The molecule has 118 valence electrons. The van der Waals surface area contributed by atoms with E-state index in [-0.39, 0.29) is 17.1 Å². The Labute approximate surface area is 129 Å². The topological polar surface area (TPSA) is 61.0 Å². The van der Waals surface area contributed by atoms with Gasteiger partial charge in [-0.15, -0.1) is 0 Å². The average Bonchev–Trinajstić information content (AvgIpc) is 2.52. The monoisotopic (exact) mass is 319 g/mol. The maximum atomic E-state index is 13.3. The van der Waals surface area contributed by atoms with Gasteiger partial charge < -0.3 is 10.5 Å². The molecule has 0 aliphatic rings. The van der Waals surface area contributed by atoms with Gasteiger partial charge in [0, 0.05) is 23.3 Å². The molecule has 2 heterocycles. The lowest BCUT2D eigenvalue weighted by atomic mass is 10.1. The number of anilines is 1. The van der Waals surface area contributed by atoms with Crippen LogP contribution in [-0.4, -0.2) is 16.1 Å². The first-order valence-electron chi connectivity index (χ1n) is 6.74. The van der Waals surface area contributed by atoms with Crippen molar-refractivity contribution < 1.29 is 17.9 Å². The first-order valence-corrected chi connectivity index (χ1v) is 6.74. The largest absolute Gasteiger partial charge is 0.458 e. The van der Waals surface area contributed by atoms with Crippen LogP contribution in [0.1, 0.15) is 11.7 Å². The van der Waals surface area contributed by atoms with Crippen LogP contribution in [0.15, 0.2) is 54.9 Å². The first-order chi connectivity index (χ1) is 10.9. The zero-order valence-corrected chi connectivity index (χ0v) is 11.8. The Balaban J connectivity index is 2.02. The minimum absolute atomic E-state index is 0.0434. The van der Waals surface area contributed by atoms with Crippen molar-refractivity contribution in [2.24, 2.45) is 0 Å². The number of aromatic nitrogens is 2. The van der Waals surface area contributed by atoms with Crippen LogP contribution in [0.25, 0.3) is 10.9 Å². The summed E-state index contributed by atoms with van der Waals surface area (Å²) in [7, 11) is 0. The van der Waals surface area contributed by atoms with Gasteiger partial charge in [0.15, 0.2) is 0 Å². The molecule has 0 aliphatic carbocycles. The summed E-state index contributed by atoms with van der Waals surface area (Å²) in [6, 6.07) is 11.2. The van der Waals surface area contributed by atoms with Crippen LogP contribution in [0.5, 0.6) is 5.88 Å². The molecule has 0 fully saturated rings. The summed E-state index contributed by atoms with van der Waals surface area (Å²) in [6.07, 6.45) is -4.32. The van der Waals surface area contributed by atoms with Crippen LogP contribution in [0.3, 0.4) is 0 Å². The van der Waals surface area contributed by atoms with Crippen molar-refractivity contribution in [1.29, 1.82) is 0 Å². The minimum Gasteiger partial charge on any atom is -0.458 e. The van der Waals surface area contributed by atoms with Gasteiger partial charge in [-0.1, -0.05) is 24.3 Å². The molecule has 3 aromatic rings. The van der Waals surface area contributed by atoms with E-state index in [1.165, 1.54) is 24.4 Å². The van der Waals surface area contributed by atoms with E-state index in [1.54, 1.807) is 24.3 Å². The number of rotatable bonds is 3. The third-order valence-electron chi connectivity index (χ3n) is 3.23. The number of nitrogens with two attached hydrogens (primary N) is 1. The van der Waals surface area contributed by atoms with Gasteiger partial charge in [-0.2, -0.15) is 13.2 Å². The Hall–Kier alpha value is -2.83. The number of hydrogen-bond donors (Lipinski definition) is 1. The van der Waals surface area contributed by atoms with Gasteiger partial charge in [0.2, 0.25) is 12.0 Å². The fourth-order valence-electron chi connectivity index (χ4n) is 2.18. The maximum absolute atomic E-state index is 13.3. The number of nitrogen functional groups attached to an aromatic ring is 1. The number of para-hydroxylation sites is 1. The van der Waals surface area contributed by atoms with E-state index in [1.807, 2.05) is 0 Å². The molecule has 23 heavy (non-hydrogen) atoms. The zero-order chi connectivity index (χ0) is 16.4. The highest BCUT2D eigenvalue weighted by molar-refractivity contribution is 5.83. The van der Waals surface area contributed by atoms with Crippen LogP contribution in [-0.2, 0) is 0 Å². The number of benzene rings is 1. The van der Waals surface area contributed by atoms with Gasteiger partial charge in [0.25, 0.3) is 0 Å². The molecule has 2 aromatic heterocycles. The molecular formula is C16H12F3N3O. The molecule has 7 heteroatoms. The third kappa shape index (κ3) is 3.18. The Bertz CT molecular complexity index is 822. The van der Waals surface area contributed by atoms with Gasteiger partial charge in [0.05, 0.1) is 11.2 Å². The Morgan fingerprint density at radius 3 is 2.57 bits per heavy atom. The molecule has 3 rings (SSSR count). The molecule has 4 nitrogen and oxygen atoms in total. The van der Waals surface area contributed by atoms with Gasteiger partial charge in [-0.25, -0.2) is 4.98 Å². The summed E-state index contributed by atoms with van der Waals surface area (Å²) in [4.78, 5) is 7.79. The van der Waals surface area contributed by atoms with E-state index in [0.717, 1.165) is 11.6 Å². The fraction of sp³-hybridized carbons (Fsp3) is 0.125. The van der Waals surface area contributed by atoms with Crippen LogP contribution >= 0.6 is 0 Å². The van der Waals surface area contributed by atoms with Gasteiger partial charge >= 0.3 is 6.18 Å². The van der Waals surface area contributed by atoms with Crippen molar-refractivity contribution in [3.05, 3.63) is 60.4 Å². The number of fused-ring (bicyclic) bond motifs is 1.